The third-order valence-electron chi connectivity index (χ3n) is 5.13. The zero-order valence-corrected chi connectivity index (χ0v) is 16.6. The Labute approximate surface area is 169 Å². The highest BCUT2D eigenvalue weighted by atomic mass is 19.1. The lowest BCUT2D eigenvalue weighted by Gasteiger charge is -2.12. The topological polar surface area (TPSA) is 42.0 Å². The molecule has 4 aromatic rings. The number of halogens is 1. The zero-order valence-electron chi connectivity index (χ0n) is 16.6. The first kappa shape index (κ1) is 18.8. The number of carbonyl (C=O) groups is 1. The minimum Gasteiger partial charge on any atom is -0.322 e. The van der Waals surface area contributed by atoms with E-state index in [-0.39, 0.29) is 5.91 Å². The van der Waals surface area contributed by atoms with Gasteiger partial charge in [-0.3, -0.25) is 4.79 Å². The van der Waals surface area contributed by atoms with Gasteiger partial charge in [0.1, 0.15) is 5.82 Å². The highest BCUT2D eigenvalue weighted by Crippen LogP contribution is 2.27. The molecule has 0 atom stereocenters. The highest BCUT2D eigenvalue weighted by molar-refractivity contribution is 6.13. The van der Waals surface area contributed by atoms with E-state index in [2.05, 4.69) is 23.3 Å². The summed E-state index contributed by atoms with van der Waals surface area (Å²) in [6.07, 6.45) is 0. The van der Waals surface area contributed by atoms with Gasteiger partial charge in [0.2, 0.25) is 0 Å². The predicted octanol–water partition coefficient (Wildman–Crippen LogP) is 6.22. The van der Waals surface area contributed by atoms with Gasteiger partial charge in [0, 0.05) is 16.6 Å². The monoisotopic (exact) mass is 384 g/mol. The van der Waals surface area contributed by atoms with Crippen molar-refractivity contribution < 1.29 is 9.18 Å². The van der Waals surface area contributed by atoms with E-state index in [1.807, 2.05) is 50.2 Å². The molecule has 4 heteroatoms. The third-order valence-corrected chi connectivity index (χ3v) is 5.13. The fourth-order valence-corrected chi connectivity index (χ4v) is 3.27. The standard InChI is InChI=1S/C25H21FN2O/c1-15-4-9-20(10-5-15)27-25(29)22-14-24(18-7-6-16(2)17(3)12-18)28-23-11-8-19(26)13-21(22)23/h4-14H,1-3H3,(H,27,29). The van der Waals surface area contributed by atoms with Crippen LogP contribution in [-0.2, 0) is 0 Å². The van der Waals surface area contributed by atoms with E-state index in [0.29, 0.717) is 27.8 Å². The van der Waals surface area contributed by atoms with Crippen LogP contribution >= 0.6 is 0 Å². The number of nitrogens with zero attached hydrogens (tertiary/aromatic N) is 1. The molecule has 0 saturated carbocycles. The summed E-state index contributed by atoms with van der Waals surface area (Å²) in [4.78, 5) is 17.7. The van der Waals surface area contributed by atoms with Gasteiger partial charge in [0.15, 0.2) is 0 Å². The smallest absolute Gasteiger partial charge is 0.256 e. The van der Waals surface area contributed by atoms with Crippen molar-refractivity contribution in [3.8, 4) is 11.3 Å². The molecule has 0 saturated heterocycles. The minimum absolute atomic E-state index is 0.295. The Hall–Kier alpha value is -3.53. The Bertz CT molecular complexity index is 1230. The second kappa shape index (κ2) is 7.47. The SMILES string of the molecule is Cc1ccc(NC(=O)c2cc(-c3ccc(C)c(C)c3)nc3ccc(F)cc23)cc1. The van der Waals surface area contributed by atoms with Crippen LogP contribution < -0.4 is 5.32 Å². The summed E-state index contributed by atoms with van der Waals surface area (Å²) >= 11 is 0. The van der Waals surface area contributed by atoms with E-state index in [4.69, 9.17) is 0 Å². The maximum Gasteiger partial charge on any atom is 0.256 e. The van der Waals surface area contributed by atoms with Crippen LogP contribution in [0.5, 0.6) is 0 Å². The molecule has 1 N–H and O–H groups in total. The van der Waals surface area contributed by atoms with Gasteiger partial charge in [-0.15, -0.1) is 0 Å². The van der Waals surface area contributed by atoms with Gasteiger partial charge >= 0.3 is 0 Å². The number of benzene rings is 3. The molecule has 1 aromatic heterocycles. The maximum atomic E-state index is 13.9. The minimum atomic E-state index is -0.400. The molecule has 0 aliphatic heterocycles. The van der Waals surface area contributed by atoms with Gasteiger partial charge in [-0.05, 0) is 74.4 Å². The van der Waals surface area contributed by atoms with Crippen LogP contribution in [0.3, 0.4) is 0 Å². The van der Waals surface area contributed by atoms with Crippen LogP contribution in [0.15, 0.2) is 66.7 Å². The number of pyridine rings is 1. The van der Waals surface area contributed by atoms with Crippen molar-refractivity contribution in [2.45, 2.75) is 20.8 Å². The Balaban J connectivity index is 1.83. The molecule has 3 aromatic carbocycles. The number of hydrogen-bond donors (Lipinski definition) is 1. The summed E-state index contributed by atoms with van der Waals surface area (Å²) in [6, 6.07) is 19.7. The summed E-state index contributed by atoms with van der Waals surface area (Å²) in [5.41, 5.74) is 6.71. The van der Waals surface area contributed by atoms with Crippen LogP contribution in [0, 0.1) is 26.6 Å². The van der Waals surface area contributed by atoms with Gasteiger partial charge < -0.3 is 5.32 Å². The lowest BCUT2D eigenvalue weighted by Crippen LogP contribution is -2.13. The van der Waals surface area contributed by atoms with Crippen molar-refractivity contribution in [1.29, 1.82) is 0 Å². The average molecular weight is 384 g/mol. The maximum absolute atomic E-state index is 13.9. The lowest BCUT2D eigenvalue weighted by molar-refractivity contribution is 0.102. The van der Waals surface area contributed by atoms with Gasteiger partial charge in [-0.2, -0.15) is 0 Å². The van der Waals surface area contributed by atoms with Gasteiger partial charge in [-0.1, -0.05) is 29.8 Å². The summed E-state index contributed by atoms with van der Waals surface area (Å²) < 4.78 is 13.9. The molecule has 0 fully saturated rings. The molecule has 0 aliphatic rings. The molecule has 0 unspecified atom stereocenters. The Kier molecular flexibility index (Phi) is 4.85. The second-order valence-corrected chi connectivity index (χ2v) is 7.34. The quantitative estimate of drug-likeness (QED) is 0.456. The van der Waals surface area contributed by atoms with Crippen molar-refractivity contribution in [3.63, 3.8) is 0 Å². The molecular formula is C25H21FN2O. The fraction of sp³-hybridized carbons (Fsp3) is 0.120. The Morgan fingerprint density at radius 3 is 2.34 bits per heavy atom. The normalized spacial score (nSPS) is 10.9. The average Bonchev–Trinajstić information content (AvgIpc) is 2.71. The number of amides is 1. The van der Waals surface area contributed by atoms with E-state index < -0.39 is 5.82 Å². The molecule has 3 nitrogen and oxygen atoms in total. The number of nitrogens with one attached hydrogen (secondary N) is 1. The third kappa shape index (κ3) is 3.87. The molecule has 144 valence electrons. The molecular weight excluding hydrogens is 363 g/mol. The number of hydrogen-bond acceptors (Lipinski definition) is 2. The van der Waals surface area contributed by atoms with Gasteiger partial charge in [0.25, 0.3) is 5.91 Å². The first-order chi connectivity index (χ1) is 13.9. The fourth-order valence-electron chi connectivity index (χ4n) is 3.27. The Morgan fingerprint density at radius 1 is 0.862 bits per heavy atom. The van der Waals surface area contributed by atoms with Crippen molar-refractivity contribution in [2.24, 2.45) is 0 Å². The number of fused-ring (bicyclic) bond motifs is 1. The highest BCUT2D eigenvalue weighted by Gasteiger charge is 2.15. The van der Waals surface area contributed by atoms with Crippen molar-refractivity contribution in [1.82, 2.24) is 4.98 Å². The Morgan fingerprint density at radius 2 is 1.62 bits per heavy atom. The van der Waals surface area contributed by atoms with Gasteiger partial charge in [0.05, 0.1) is 16.8 Å². The van der Waals surface area contributed by atoms with Gasteiger partial charge in [-0.25, -0.2) is 9.37 Å². The van der Waals surface area contributed by atoms with E-state index in [1.165, 1.54) is 17.7 Å². The van der Waals surface area contributed by atoms with Crippen LogP contribution in [0.25, 0.3) is 22.2 Å². The largest absolute Gasteiger partial charge is 0.322 e. The van der Waals surface area contributed by atoms with Crippen LogP contribution in [-0.4, -0.2) is 10.9 Å². The van der Waals surface area contributed by atoms with Crippen molar-refractivity contribution in [2.75, 3.05) is 5.32 Å². The summed E-state index contributed by atoms with van der Waals surface area (Å²) in [5, 5.41) is 3.40. The number of carbonyl (C=O) groups excluding carboxylic acids is 1. The predicted molar refractivity (Wildman–Crippen MR) is 116 cm³/mol. The molecule has 29 heavy (non-hydrogen) atoms. The number of anilines is 1. The summed E-state index contributed by atoms with van der Waals surface area (Å²) in [7, 11) is 0. The van der Waals surface area contributed by atoms with E-state index >= 15 is 0 Å². The summed E-state index contributed by atoms with van der Waals surface area (Å²) in [6.45, 7) is 6.08. The molecule has 0 spiro atoms. The van der Waals surface area contributed by atoms with E-state index in [1.54, 1.807) is 12.1 Å². The molecule has 0 bridgehead atoms. The number of aromatic nitrogens is 1. The summed E-state index contributed by atoms with van der Waals surface area (Å²) in [5.74, 6) is -0.695. The van der Waals surface area contributed by atoms with Crippen molar-refractivity contribution >= 4 is 22.5 Å². The zero-order chi connectivity index (χ0) is 20.5. The lowest BCUT2D eigenvalue weighted by atomic mass is 10.0. The molecule has 4 rings (SSSR count). The molecule has 1 heterocycles. The van der Waals surface area contributed by atoms with Crippen LogP contribution in [0.1, 0.15) is 27.0 Å². The molecule has 0 radical (unpaired) electrons. The van der Waals surface area contributed by atoms with E-state index in [9.17, 15) is 9.18 Å². The van der Waals surface area contributed by atoms with Crippen LogP contribution in [0.2, 0.25) is 0 Å². The molecule has 0 aliphatic carbocycles. The first-order valence-electron chi connectivity index (χ1n) is 9.47. The second-order valence-electron chi connectivity index (χ2n) is 7.34. The first-order valence-corrected chi connectivity index (χ1v) is 9.47. The molecule has 1 amide bonds. The van der Waals surface area contributed by atoms with Crippen LogP contribution in [0.4, 0.5) is 10.1 Å². The van der Waals surface area contributed by atoms with E-state index in [0.717, 1.165) is 16.7 Å². The number of rotatable bonds is 3. The van der Waals surface area contributed by atoms with Crippen molar-refractivity contribution in [3.05, 3.63) is 94.8 Å². The number of aryl methyl sites for hydroxylation is 3.